The minimum Gasteiger partial charge on any atom is -0.508 e. The van der Waals surface area contributed by atoms with Crippen LogP contribution in [0.1, 0.15) is 31.9 Å². The molecule has 2 unspecified atom stereocenters. The van der Waals surface area contributed by atoms with E-state index in [-0.39, 0.29) is 12.2 Å². The van der Waals surface area contributed by atoms with Crippen molar-refractivity contribution in [1.29, 1.82) is 0 Å². The number of carboxylic acids is 1. The summed E-state index contributed by atoms with van der Waals surface area (Å²) in [6.45, 7) is 3.43. The van der Waals surface area contributed by atoms with Gasteiger partial charge in [-0.1, -0.05) is 12.1 Å². The number of phenols is 1. The number of hydrogen-bond donors (Lipinski definition) is 6. The summed E-state index contributed by atoms with van der Waals surface area (Å²) in [6.07, 6.45) is -0.299. The lowest BCUT2D eigenvalue weighted by molar-refractivity contribution is -0.161. The molecule has 4 amide bonds. The van der Waals surface area contributed by atoms with E-state index in [1.165, 1.54) is 48.0 Å². The molecule has 2 heterocycles. The Morgan fingerprint density at radius 1 is 1.18 bits per heavy atom. The number of aliphatic carboxylic acids is 1. The maximum absolute atomic E-state index is 13.2. The summed E-state index contributed by atoms with van der Waals surface area (Å²) in [4.78, 5) is 62.9. The molecule has 0 aliphatic carbocycles. The molecule has 2 fully saturated rings. The first-order valence-corrected chi connectivity index (χ1v) is 11.3. The van der Waals surface area contributed by atoms with Crippen molar-refractivity contribution in [2.75, 3.05) is 7.05 Å². The van der Waals surface area contributed by atoms with Crippen molar-refractivity contribution in [2.45, 2.75) is 54.6 Å². The average Bonchev–Trinajstić information content (AvgIpc) is 3.03. The number of nitrogens with one attached hydrogen (secondary N) is 3. The Morgan fingerprint density at radius 3 is 2.35 bits per heavy atom. The minimum atomic E-state index is -1.28. The molecule has 2 aliphatic rings. The highest BCUT2D eigenvalue weighted by molar-refractivity contribution is 8.01. The van der Waals surface area contributed by atoms with Gasteiger partial charge < -0.3 is 36.8 Å². The number of thioether (sulfide) groups is 1. The van der Waals surface area contributed by atoms with Gasteiger partial charge in [0.25, 0.3) is 0 Å². The number of carboxylic acid groups (broad SMARTS) is 1. The third-order valence-electron chi connectivity index (χ3n) is 5.77. The van der Waals surface area contributed by atoms with Crippen LogP contribution in [0.3, 0.4) is 0 Å². The molecule has 34 heavy (non-hydrogen) atoms. The van der Waals surface area contributed by atoms with Crippen LogP contribution in [0, 0.1) is 0 Å². The number of amides is 4. The van der Waals surface area contributed by atoms with E-state index in [9.17, 15) is 34.2 Å². The third-order valence-corrected chi connectivity index (χ3v) is 7.34. The van der Waals surface area contributed by atoms with E-state index in [1.807, 2.05) is 0 Å². The number of rotatable bonds is 8. The van der Waals surface area contributed by atoms with Crippen LogP contribution < -0.4 is 21.7 Å². The predicted molar refractivity (Wildman–Crippen MR) is 121 cm³/mol. The van der Waals surface area contributed by atoms with Crippen LogP contribution in [0.2, 0.25) is 0 Å². The van der Waals surface area contributed by atoms with Crippen molar-refractivity contribution in [3.63, 3.8) is 0 Å². The summed E-state index contributed by atoms with van der Waals surface area (Å²) in [5.41, 5.74) is 6.09. The number of phenolic OH excluding ortho intramolecular Hbond substituents is 1. The number of nitrogens with two attached hydrogens (primary N) is 1. The number of benzene rings is 1. The minimum absolute atomic E-state index is 0.0559. The number of fused-ring (bicyclic) bond motifs is 1. The molecule has 0 bridgehead atoms. The van der Waals surface area contributed by atoms with Gasteiger partial charge in [0.2, 0.25) is 23.6 Å². The highest BCUT2D eigenvalue weighted by atomic mass is 32.2. The molecule has 0 saturated carbocycles. The molecule has 2 saturated heterocycles. The third kappa shape index (κ3) is 4.80. The lowest BCUT2D eigenvalue weighted by Gasteiger charge is -2.44. The van der Waals surface area contributed by atoms with E-state index in [4.69, 9.17) is 5.73 Å². The number of carbonyl (C=O) groups is 5. The van der Waals surface area contributed by atoms with E-state index in [0.29, 0.717) is 5.56 Å². The second-order valence-electron chi connectivity index (χ2n) is 8.60. The Kier molecular flexibility index (Phi) is 7.07. The molecular weight excluding hydrogens is 466 g/mol. The van der Waals surface area contributed by atoms with E-state index in [0.717, 1.165) is 0 Å². The van der Waals surface area contributed by atoms with Gasteiger partial charge in [-0.3, -0.25) is 19.2 Å². The highest BCUT2D eigenvalue weighted by Gasteiger charge is 2.64. The van der Waals surface area contributed by atoms with Gasteiger partial charge >= 0.3 is 5.97 Å². The Bertz CT molecular complexity index is 1020. The monoisotopic (exact) mass is 493 g/mol. The van der Waals surface area contributed by atoms with Crippen LogP contribution in [0.4, 0.5) is 0 Å². The second-order valence-corrected chi connectivity index (χ2v) is 10.4. The fourth-order valence-corrected chi connectivity index (χ4v) is 5.62. The summed E-state index contributed by atoms with van der Waals surface area (Å²) < 4.78 is -0.761. The van der Waals surface area contributed by atoms with E-state index in [1.54, 1.807) is 13.8 Å². The quantitative estimate of drug-likeness (QED) is 0.238. The van der Waals surface area contributed by atoms with Crippen LogP contribution >= 0.6 is 11.8 Å². The van der Waals surface area contributed by atoms with Crippen LogP contribution in [0.15, 0.2) is 24.3 Å². The molecule has 13 heteroatoms. The average molecular weight is 494 g/mol. The van der Waals surface area contributed by atoms with Crippen LogP contribution in [0.5, 0.6) is 5.75 Å². The van der Waals surface area contributed by atoms with Gasteiger partial charge in [0.05, 0.1) is 12.5 Å². The largest absolute Gasteiger partial charge is 0.508 e. The topological polar surface area (TPSA) is 191 Å². The zero-order valence-electron chi connectivity index (χ0n) is 18.8. The van der Waals surface area contributed by atoms with Gasteiger partial charge in [-0.25, -0.2) is 4.79 Å². The van der Waals surface area contributed by atoms with Gasteiger partial charge in [0.1, 0.15) is 29.2 Å². The molecule has 3 rings (SSSR count). The Balaban J connectivity index is 1.78. The van der Waals surface area contributed by atoms with E-state index < -0.39 is 63.9 Å². The normalized spacial score (nSPS) is 24.3. The smallest absolute Gasteiger partial charge is 0.327 e. The SMILES string of the molecule is CNC(=O)CC(N)C(=O)NC(C(=O)N[C@@H]1C(=O)N2[C@@H]1SC(C)(C)[C@@H]2C(=O)O)c1ccc(O)cc1. The van der Waals surface area contributed by atoms with E-state index >= 15 is 0 Å². The highest BCUT2D eigenvalue weighted by Crippen LogP contribution is 2.50. The van der Waals surface area contributed by atoms with Crippen LogP contribution in [-0.2, 0) is 24.0 Å². The zero-order chi connectivity index (χ0) is 25.4. The summed E-state index contributed by atoms with van der Waals surface area (Å²) in [5, 5.41) is 26.0. The lowest BCUT2D eigenvalue weighted by Crippen LogP contribution is -2.71. The molecule has 12 nitrogen and oxygen atoms in total. The maximum Gasteiger partial charge on any atom is 0.327 e. The summed E-state index contributed by atoms with van der Waals surface area (Å²) >= 11 is 1.27. The summed E-state index contributed by atoms with van der Waals surface area (Å²) in [7, 11) is 1.40. The fraction of sp³-hybridized carbons (Fsp3) is 0.476. The molecule has 1 aromatic rings. The molecule has 184 valence electrons. The number of nitrogens with zero attached hydrogens (tertiary/aromatic N) is 1. The van der Waals surface area contributed by atoms with Crippen LogP contribution in [0.25, 0.3) is 0 Å². The van der Waals surface area contributed by atoms with Crippen molar-refractivity contribution < 1.29 is 34.2 Å². The van der Waals surface area contributed by atoms with Crippen molar-refractivity contribution in [1.82, 2.24) is 20.9 Å². The number of hydrogen-bond acceptors (Lipinski definition) is 8. The van der Waals surface area contributed by atoms with Gasteiger partial charge in [-0.05, 0) is 31.5 Å². The lowest BCUT2D eigenvalue weighted by atomic mass is 9.95. The maximum atomic E-state index is 13.2. The van der Waals surface area contributed by atoms with Crippen molar-refractivity contribution in [3.05, 3.63) is 29.8 Å². The Morgan fingerprint density at radius 2 is 1.79 bits per heavy atom. The molecule has 2 aliphatic heterocycles. The van der Waals surface area contributed by atoms with Gasteiger partial charge in [-0.15, -0.1) is 11.8 Å². The molecule has 0 spiro atoms. The first-order valence-electron chi connectivity index (χ1n) is 10.5. The molecule has 7 N–H and O–H groups in total. The number of carbonyl (C=O) groups excluding carboxylic acids is 4. The Labute approximate surface area is 199 Å². The first kappa shape index (κ1) is 25.3. The van der Waals surface area contributed by atoms with Crippen molar-refractivity contribution in [3.8, 4) is 5.75 Å². The van der Waals surface area contributed by atoms with Gasteiger partial charge in [-0.2, -0.15) is 0 Å². The number of aromatic hydroxyl groups is 1. The van der Waals surface area contributed by atoms with Crippen molar-refractivity contribution >= 4 is 41.4 Å². The number of β-lactam (4-membered cyclic amide) rings is 1. The van der Waals surface area contributed by atoms with Crippen LogP contribution in [-0.4, -0.2) is 80.0 Å². The fourth-order valence-electron chi connectivity index (χ4n) is 3.99. The molecule has 1 aromatic carbocycles. The van der Waals surface area contributed by atoms with Crippen molar-refractivity contribution in [2.24, 2.45) is 5.73 Å². The standard InChI is InChI=1S/C21H27N5O7S/c1-21(2)15(20(32)33)26-18(31)14(19(26)34-21)25-17(30)13(9-4-6-10(27)7-5-9)24-16(29)11(22)8-12(28)23-3/h4-7,11,13-15,19,27H,8,22H2,1-3H3,(H,23,28)(H,24,29)(H,25,30)(H,32,33)/t11?,13?,14-,15+,19-/m1/s1. The van der Waals surface area contributed by atoms with E-state index in [2.05, 4.69) is 16.0 Å². The molecule has 0 radical (unpaired) electrons. The molecular formula is C21H27N5O7S. The van der Waals surface area contributed by atoms with Gasteiger partial charge in [0.15, 0.2) is 0 Å². The first-order chi connectivity index (χ1) is 15.9. The Hall–Kier alpha value is -3.32. The molecule has 0 aromatic heterocycles. The summed E-state index contributed by atoms with van der Waals surface area (Å²) in [6, 6.07) is 0.997. The summed E-state index contributed by atoms with van der Waals surface area (Å²) in [5.74, 6) is -3.66. The zero-order valence-corrected chi connectivity index (χ0v) is 19.6. The molecule has 5 atom stereocenters. The van der Waals surface area contributed by atoms with Gasteiger partial charge in [0, 0.05) is 11.8 Å². The predicted octanol–water partition coefficient (Wildman–Crippen LogP) is -1.36. The second kappa shape index (κ2) is 9.50.